The molecule has 0 aliphatic rings. The Morgan fingerprint density at radius 2 is 1.88 bits per heavy atom. The van der Waals surface area contributed by atoms with Crippen LogP contribution in [0.4, 0.5) is 5.69 Å². The summed E-state index contributed by atoms with van der Waals surface area (Å²) < 4.78 is 5.71. The van der Waals surface area contributed by atoms with Crippen molar-refractivity contribution in [2.45, 2.75) is 26.2 Å². The molecule has 4 nitrogen and oxygen atoms in total. The SMILES string of the molecule is Cc1cc(Cl)ccc1OCCCC(=O)Nc1ccc(CCN(C)C)cc1. The van der Waals surface area contributed by atoms with Crippen molar-refractivity contribution >= 4 is 23.2 Å². The number of hydrogen-bond donors (Lipinski definition) is 1. The maximum Gasteiger partial charge on any atom is 0.224 e. The van der Waals surface area contributed by atoms with Gasteiger partial charge in [0, 0.05) is 23.7 Å². The molecule has 2 aromatic rings. The molecule has 0 spiro atoms. The van der Waals surface area contributed by atoms with Crippen molar-refractivity contribution in [3.05, 3.63) is 58.6 Å². The number of ether oxygens (including phenoxy) is 1. The van der Waals surface area contributed by atoms with Crippen LogP contribution in [-0.2, 0) is 11.2 Å². The van der Waals surface area contributed by atoms with Crippen LogP contribution in [0.1, 0.15) is 24.0 Å². The zero-order valence-corrected chi connectivity index (χ0v) is 16.5. The molecule has 0 saturated carbocycles. The normalized spacial score (nSPS) is 10.8. The number of aryl methyl sites for hydroxylation is 1. The van der Waals surface area contributed by atoms with Crippen molar-refractivity contribution in [1.29, 1.82) is 0 Å². The number of likely N-dealkylation sites (N-methyl/N-ethyl adjacent to an activating group) is 1. The van der Waals surface area contributed by atoms with Crippen LogP contribution in [0.5, 0.6) is 5.75 Å². The summed E-state index contributed by atoms with van der Waals surface area (Å²) in [4.78, 5) is 14.2. The molecular formula is C21H27ClN2O2. The first kappa shape index (κ1) is 20.3. The third kappa shape index (κ3) is 7.06. The van der Waals surface area contributed by atoms with Gasteiger partial charge in [-0.2, -0.15) is 0 Å². The van der Waals surface area contributed by atoms with Crippen molar-refractivity contribution in [3.63, 3.8) is 0 Å². The molecule has 0 aliphatic carbocycles. The Kier molecular flexibility index (Phi) is 7.95. The number of hydrogen-bond acceptors (Lipinski definition) is 3. The number of halogens is 1. The number of rotatable bonds is 9. The van der Waals surface area contributed by atoms with E-state index in [1.165, 1.54) is 5.56 Å². The number of carbonyl (C=O) groups excluding carboxylic acids is 1. The zero-order valence-electron chi connectivity index (χ0n) is 15.7. The Balaban J connectivity index is 1.70. The number of anilines is 1. The molecule has 0 radical (unpaired) electrons. The van der Waals surface area contributed by atoms with Crippen LogP contribution in [0.3, 0.4) is 0 Å². The molecule has 0 atom stereocenters. The average Bonchev–Trinajstić information content (AvgIpc) is 2.59. The molecule has 140 valence electrons. The van der Waals surface area contributed by atoms with Gasteiger partial charge in [-0.05, 0) is 75.3 Å². The van der Waals surface area contributed by atoms with E-state index in [4.69, 9.17) is 16.3 Å². The first-order chi connectivity index (χ1) is 12.4. The van der Waals surface area contributed by atoms with Crippen molar-refractivity contribution in [2.75, 3.05) is 32.6 Å². The Bertz CT molecular complexity index is 714. The van der Waals surface area contributed by atoms with Crippen LogP contribution in [-0.4, -0.2) is 38.1 Å². The highest BCUT2D eigenvalue weighted by atomic mass is 35.5. The van der Waals surface area contributed by atoms with Gasteiger partial charge in [-0.1, -0.05) is 23.7 Å². The van der Waals surface area contributed by atoms with E-state index < -0.39 is 0 Å². The molecular weight excluding hydrogens is 348 g/mol. The lowest BCUT2D eigenvalue weighted by atomic mass is 10.1. The van der Waals surface area contributed by atoms with Gasteiger partial charge in [0.2, 0.25) is 5.91 Å². The molecule has 26 heavy (non-hydrogen) atoms. The molecule has 0 bridgehead atoms. The lowest BCUT2D eigenvalue weighted by Crippen LogP contribution is -2.15. The van der Waals surface area contributed by atoms with Gasteiger partial charge in [-0.25, -0.2) is 0 Å². The summed E-state index contributed by atoms with van der Waals surface area (Å²) in [6.45, 7) is 3.47. The molecule has 1 amide bonds. The van der Waals surface area contributed by atoms with E-state index in [9.17, 15) is 4.79 Å². The molecule has 0 aliphatic heterocycles. The smallest absolute Gasteiger partial charge is 0.224 e. The summed E-state index contributed by atoms with van der Waals surface area (Å²) in [5.74, 6) is 0.811. The third-order valence-electron chi connectivity index (χ3n) is 4.03. The minimum absolute atomic E-state index is 0.00229. The van der Waals surface area contributed by atoms with Crippen LogP contribution in [0, 0.1) is 6.92 Å². The summed E-state index contributed by atoms with van der Waals surface area (Å²) in [6.07, 6.45) is 2.09. The van der Waals surface area contributed by atoms with E-state index in [1.54, 1.807) is 6.07 Å². The van der Waals surface area contributed by atoms with E-state index >= 15 is 0 Å². The summed E-state index contributed by atoms with van der Waals surface area (Å²) >= 11 is 5.93. The Hall–Kier alpha value is -2.04. The molecule has 0 fully saturated rings. The summed E-state index contributed by atoms with van der Waals surface area (Å²) in [6, 6.07) is 13.6. The van der Waals surface area contributed by atoms with Crippen molar-refractivity contribution < 1.29 is 9.53 Å². The molecule has 0 unspecified atom stereocenters. The molecule has 2 rings (SSSR count). The van der Waals surface area contributed by atoms with Gasteiger partial charge < -0.3 is 15.0 Å². The Labute approximate surface area is 161 Å². The zero-order chi connectivity index (χ0) is 18.9. The quantitative estimate of drug-likeness (QED) is 0.654. The lowest BCUT2D eigenvalue weighted by molar-refractivity contribution is -0.116. The van der Waals surface area contributed by atoms with Crippen LogP contribution < -0.4 is 10.1 Å². The topological polar surface area (TPSA) is 41.6 Å². The fraction of sp³-hybridized carbons (Fsp3) is 0.381. The predicted molar refractivity (Wildman–Crippen MR) is 108 cm³/mol. The largest absolute Gasteiger partial charge is 0.493 e. The second-order valence-corrected chi connectivity index (χ2v) is 7.10. The van der Waals surface area contributed by atoms with Gasteiger partial charge in [0.05, 0.1) is 6.61 Å². The monoisotopic (exact) mass is 374 g/mol. The van der Waals surface area contributed by atoms with Gasteiger partial charge in [0.1, 0.15) is 5.75 Å². The van der Waals surface area contributed by atoms with Gasteiger partial charge >= 0.3 is 0 Å². The number of amides is 1. The molecule has 2 aromatic carbocycles. The van der Waals surface area contributed by atoms with Crippen LogP contribution in [0.2, 0.25) is 5.02 Å². The van der Waals surface area contributed by atoms with E-state index in [2.05, 4.69) is 36.4 Å². The van der Waals surface area contributed by atoms with Crippen molar-refractivity contribution in [1.82, 2.24) is 4.90 Å². The second-order valence-electron chi connectivity index (χ2n) is 6.66. The summed E-state index contributed by atoms with van der Waals surface area (Å²) in [5, 5.41) is 3.63. The third-order valence-corrected chi connectivity index (χ3v) is 4.26. The number of carbonyl (C=O) groups is 1. The minimum atomic E-state index is 0.00229. The molecule has 0 aromatic heterocycles. The Morgan fingerprint density at radius 3 is 2.54 bits per heavy atom. The minimum Gasteiger partial charge on any atom is -0.493 e. The van der Waals surface area contributed by atoms with Gasteiger partial charge in [-0.3, -0.25) is 4.79 Å². The van der Waals surface area contributed by atoms with E-state index in [0.717, 1.165) is 30.0 Å². The molecule has 5 heteroatoms. The fourth-order valence-corrected chi connectivity index (χ4v) is 2.75. The lowest BCUT2D eigenvalue weighted by Gasteiger charge is -2.11. The van der Waals surface area contributed by atoms with Crippen LogP contribution in [0.15, 0.2) is 42.5 Å². The van der Waals surface area contributed by atoms with Gasteiger partial charge in [-0.15, -0.1) is 0 Å². The highest BCUT2D eigenvalue weighted by Crippen LogP contribution is 2.22. The van der Waals surface area contributed by atoms with Crippen LogP contribution >= 0.6 is 11.6 Å². The predicted octanol–water partition coefficient (Wildman–Crippen LogP) is 4.55. The van der Waals surface area contributed by atoms with Crippen molar-refractivity contribution in [3.8, 4) is 5.75 Å². The Morgan fingerprint density at radius 1 is 1.15 bits per heavy atom. The average molecular weight is 375 g/mol. The standard InChI is InChI=1S/C21H27ClN2O2/c1-16-15-18(22)8-11-20(16)26-14-4-5-21(25)23-19-9-6-17(7-10-19)12-13-24(2)3/h6-11,15H,4-5,12-14H2,1-3H3,(H,23,25). The summed E-state index contributed by atoms with van der Waals surface area (Å²) in [7, 11) is 4.12. The number of nitrogens with zero attached hydrogens (tertiary/aromatic N) is 1. The maximum atomic E-state index is 12.0. The van der Waals surface area contributed by atoms with Gasteiger partial charge in [0.15, 0.2) is 0 Å². The highest BCUT2D eigenvalue weighted by Gasteiger charge is 2.05. The van der Waals surface area contributed by atoms with E-state index in [0.29, 0.717) is 24.5 Å². The second kappa shape index (κ2) is 10.2. The van der Waals surface area contributed by atoms with E-state index in [1.807, 2.05) is 31.2 Å². The van der Waals surface area contributed by atoms with E-state index in [-0.39, 0.29) is 5.91 Å². The fourth-order valence-electron chi connectivity index (χ4n) is 2.52. The highest BCUT2D eigenvalue weighted by molar-refractivity contribution is 6.30. The summed E-state index contributed by atoms with van der Waals surface area (Å²) in [5.41, 5.74) is 3.10. The number of benzene rings is 2. The van der Waals surface area contributed by atoms with Crippen LogP contribution in [0.25, 0.3) is 0 Å². The molecule has 0 heterocycles. The first-order valence-corrected chi connectivity index (χ1v) is 9.24. The first-order valence-electron chi connectivity index (χ1n) is 8.86. The van der Waals surface area contributed by atoms with Gasteiger partial charge in [0.25, 0.3) is 0 Å². The molecule has 0 saturated heterocycles. The number of nitrogens with one attached hydrogen (secondary N) is 1. The molecule has 1 N–H and O–H groups in total. The maximum absolute atomic E-state index is 12.0. The van der Waals surface area contributed by atoms with Crippen molar-refractivity contribution in [2.24, 2.45) is 0 Å².